The molecule has 6 unspecified atom stereocenters. The predicted molar refractivity (Wildman–Crippen MR) is 114 cm³/mol. The van der Waals surface area contributed by atoms with Crippen LogP contribution in [0.3, 0.4) is 0 Å². The van der Waals surface area contributed by atoms with E-state index in [1.165, 1.54) is 0 Å². The minimum absolute atomic E-state index is 0. The monoisotopic (exact) mass is 800 g/mol. The van der Waals surface area contributed by atoms with Gasteiger partial charge in [-0.25, -0.2) is 0 Å². The van der Waals surface area contributed by atoms with Crippen LogP contribution >= 0.6 is 45.6 Å². The molecule has 0 rings (SSSR count). The summed E-state index contributed by atoms with van der Waals surface area (Å²) >= 11 is 0. The zero-order valence-corrected chi connectivity index (χ0v) is 39.2. The van der Waals surface area contributed by atoms with Crippen molar-refractivity contribution in [3.8, 4) is 0 Å². The Morgan fingerprint density at radius 2 is 0.767 bits per heavy atom. The zero-order chi connectivity index (χ0) is 32.0. The Labute approximate surface area is 355 Å². The summed E-state index contributed by atoms with van der Waals surface area (Å²) in [7, 11) is -33.2. The largest absolute Gasteiger partial charge is 1.00 e. The van der Waals surface area contributed by atoms with Crippen molar-refractivity contribution in [1.82, 2.24) is 0 Å². The molecule has 14 N–H and O–H groups in total. The fourth-order valence-corrected chi connectivity index (χ4v) is 7.17. The van der Waals surface area contributed by atoms with Gasteiger partial charge in [-0.05, 0) is 32.9 Å². The van der Waals surface area contributed by atoms with Gasteiger partial charge in [0.15, 0.2) is 48.1 Å². The summed E-state index contributed by atoms with van der Waals surface area (Å²) in [6, 6.07) is 0. The minimum Gasteiger partial charge on any atom is -0.776 e. The summed E-state index contributed by atoms with van der Waals surface area (Å²) in [5.74, 6) is 0. The third kappa shape index (κ3) is 21.1. The Balaban J connectivity index is -0.0000000677. The summed E-state index contributed by atoms with van der Waals surface area (Å²) < 4.78 is 62.4. The SMILES string of the molecule is CC(O)(P(=O)([O-])O)P(=O)([O-])O.NCCC(O)(P(=O)([O-])O)P(=O)([O-])O.NCCCC(O)(P(=O)([O-])O)P(=O)(O)O.[Na+].[Na+].[Na+].[Na+].[Na+]. The minimum atomic E-state index is -5.63. The van der Waals surface area contributed by atoms with Crippen molar-refractivity contribution in [3.63, 3.8) is 0 Å². The van der Waals surface area contributed by atoms with Crippen molar-refractivity contribution in [2.24, 2.45) is 11.5 Å². The first kappa shape index (κ1) is 66.9. The molecule has 0 radical (unpaired) electrons. The molecule has 0 aliphatic carbocycles. The first-order valence-electron chi connectivity index (χ1n) is 8.94. The standard InChI is InChI=1S/C4H13NO7P2.C3H11NO7P2.C2H8O7P2.5Na/c5-3-1-2-4(6,13(7,8)9)14(10,11)12;4-2-1-3(5,12(6,7)8)13(9,10)11;1-2(3,10(4,5)6)11(7,8)9;;;;;/h6H,1-3,5H2,(H2,7,8,9)(H2,10,11,12);5H,1-2,4H2,(H2,6,7,8)(H2,9,10,11);3H,1H3,(H2,4,5,6)(H2,7,8,9);;;;;/q;;;5*+1/p-5. The molecule has 23 nitrogen and oxygen atoms in total. The molecule has 0 saturated heterocycles. The van der Waals surface area contributed by atoms with Gasteiger partial charge in [-0.1, -0.05) is 0 Å². The van der Waals surface area contributed by atoms with Crippen LogP contribution in [0.1, 0.15) is 26.2 Å². The maximum Gasteiger partial charge on any atom is 1.00 e. The van der Waals surface area contributed by atoms with Gasteiger partial charge < -0.3 is 108 Å². The van der Waals surface area contributed by atoms with Gasteiger partial charge >= 0.3 is 155 Å². The molecule has 0 aromatic heterocycles. The van der Waals surface area contributed by atoms with Crippen LogP contribution in [-0.4, -0.2) is 77.9 Å². The molecule has 43 heavy (non-hydrogen) atoms. The fraction of sp³-hybridized carbons (Fsp3) is 1.00. The molecule has 0 fully saturated rings. The molecule has 0 spiro atoms. The van der Waals surface area contributed by atoms with Gasteiger partial charge in [0.1, 0.15) is 0 Å². The van der Waals surface area contributed by atoms with Crippen LogP contribution in [0.4, 0.5) is 0 Å². The van der Waals surface area contributed by atoms with Gasteiger partial charge in [-0.3, -0.25) is 4.57 Å². The molecular formula is C9H27N2Na5O21P6. The summed E-state index contributed by atoms with van der Waals surface area (Å²) in [5, 5.41) is 16.1. The molecule has 0 amide bonds. The predicted octanol–water partition coefficient (Wildman–Crippen LogP) is -22.1. The van der Waals surface area contributed by atoms with Gasteiger partial charge in [-0.2, -0.15) is 0 Å². The average Bonchev–Trinajstić information content (AvgIpc) is 2.61. The zero-order valence-electron chi connectivity index (χ0n) is 23.8. The summed E-state index contributed by atoms with van der Waals surface area (Å²) in [5.41, 5.74) is 9.79. The number of aliphatic hydroxyl groups is 3. The van der Waals surface area contributed by atoms with Crippen molar-refractivity contribution < 1.29 is 249 Å². The topological polar surface area (TPSA) is 472 Å². The molecule has 0 saturated carbocycles. The smallest absolute Gasteiger partial charge is 0.776 e. The van der Waals surface area contributed by atoms with Crippen LogP contribution in [0, 0.1) is 0 Å². The molecule has 234 valence electrons. The Morgan fingerprint density at radius 1 is 0.512 bits per heavy atom. The van der Waals surface area contributed by atoms with E-state index in [-0.39, 0.29) is 168 Å². The Hall–Kier alpha value is 5.70. The second kappa shape index (κ2) is 24.9. The molecule has 0 aliphatic rings. The number of hydrogen-bond donors (Lipinski definition) is 12. The Bertz CT molecular complexity index is 994. The van der Waals surface area contributed by atoms with Gasteiger partial charge in [-0.15, -0.1) is 0 Å². The molecule has 0 heterocycles. The third-order valence-corrected chi connectivity index (χ3v) is 15.3. The van der Waals surface area contributed by atoms with Crippen LogP contribution < -0.4 is 184 Å². The molecule has 0 aliphatic heterocycles. The van der Waals surface area contributed by atoms with Crippen molar-refractivity contribution in [2.75, 3.05) is 13.1 Å². The van der Waals surface area contributed by atoms with Crippen molar-refractivity contribution >= 4 is 45.6 Å². The molecule has 0 bridgehead atoms. The molecule has 6 atom stereocenters. The quantitative estimate of drug-likeness (QED) is 0.0682. The Kier molecular flexibility index (Phi) is 38.7. The summed E-state index contributed by atoms with van der Waals surface area (Å²) in [6.07, 6.45) is -1.96. The molecular weight excluding hydrogens is 773 g/mol. The van der Waals surface area contributed by atoms with E-state index in [2.05, 4.69) is 0 Å². The van der Waals surface area contributed by atoms with E-state index in [4.69, 9.17) is 55.9 Å². The van der Waals surface area contributed by atoms with Gasteiger partial charge in [0.05, 0.1) is 0 Å². The van der Waals surface area contributed by atoms with Gasteiger partial charge in [0.2, 0.25) is 5.08 Å². The number of hydrogen-bond acceptors (Lipinski definition) is 16. The number of nitrogens with two attached hydrogens (primary N) is 2. The van der Waals surface area contributed by atoms with E-state index in [1.807, 2.05) is 0 Å². The van der Waals surface area contributed by atoms with E-state index < -0.39 is 80.2 Å². The van der Waals surface area contributed by atoms with Crippen LogP contribution in [0.2, 0.25) is 0 Å². The second-order valence-corrected chi connectivity index (χ2v) is 19.1. The van der Waals surface area contributed by atoms with Crippen molar-refractivity contribution in [2.45, 2.75) is 41.4 Å². The second-order valence-electron chi connectivity index (χ2n) is 7.10. The van der Waals surface area contributed by atoms with E-state index >= 15 is 0 Å². The maximum atomic E-state index is 10.7. The van der Waals surface area contributed by atoms with Crippen molar-refractivity contribution in [3.05, 3.63) is 0 Å². The van der Waals surface area contributed by atoms with Crippen LogP contribution in [0.25, 0.3) is 0 Å². The van der Waals surface area contributed by atoms with Crippen LogP contribution in [0.5, 0.6) is 0 Å². The third-order valence-electron chi connectivity index (χ3n) is 4.09. The normalized spacial score (nSPS) is 21.9. The van der Waals surface area contributed by atoms with Crippen LogP contribution in [0.15, 0.2) is 0 Å². The van der Waals surface area contributed by atoms with Crippen LogP contribution in [-0.2, 0) is 27.4 Å². The van der Waals surface area contributed by atoms with E-state index in [0.29, 0.717) is 0 Å². The molecule has 0 aromatic carbocycles. The first-order chi connectivity index (χ1) is 16.1. The maximum absolute atomic E-state index is 10.7. The summed E-state index contributed by atoms with van der Waals surface area (Å²) in [4.78, 5) is 110. The summed E-state index contributed by atoms with van der Waals surface area (Å²) in [6.45, 7) is -0.340. The van der Waals surface area contributed by atoms with E-state index in [1.54, 1.807) is 0 Å². The van der Waals surface area contributed by atoms with E-state index in [9.17, 15) is 57.0 Å². The van der Waals surface area contributed by atoms with E-state index in [0.717, 1.165) is 0 Å². The fourth-order valence-electron chi connectivity index (χ4n) is 1.59. The number of rotatable bonds is 11. The molecule has 34 heteroatoms. The van der Waals surface area contributed by atoms with Crippen molar-refractivity contribution in [1.29, 1.82) is 0 Å². The van der Waals surface area contributed by atoms with Gasteiger partial charge in [0, 0.05) is 6.42 Å². The Morgan fingerprint density at radius 3 is 0.860 bits per heavy atom. The molecule has 0 aromatic rings. The average molecular weight is 800 g/mol. The van der Waals surface area contributed by atoms with Gasteiger partial charge in [0.25, 0.3) is 0 Å². The first-order valence-corrected chi connectivity index (χ1v) is 18.4.